The topological polar surface area (TPSA) is 62.2 Å². The van der Waals surface area contributed by atoms with E-state index in [0.717, 1.165) is 41.6 Å². The normalized spacial score (nSPS) is 24.3. The zero-order valence-electron chi connectivity index (χ0n) is 15.2. The highest BCUT2D eigenvalue weighted by atomic mass is 16.3. The molecule has 4 nitrogen and oxygen atoms in total. The van der Waals surface area contributed by atoms with Gasteiger partial charge in [-0.2, -0.15) is 0 Å². The molecule has 26 heavy (non-hydrogen) atoms. The van der Waals surface area contributed by atoms with E-state index in [1.165, 1.54) is 25.7 Å². The number of pyridine rings is 1. The van der Waals surface area contributed by atoms with Gasteiger partial charge in [0.15, 0.2) is 0 Å². The van der Waals surface area contributed by atoms with Crippen molar-refractivity contribution < 1.29 is 9.90 Å². The molecule has 0 radical (unpaired) electrons. The Morgan fingerprint density at radius 3 is 2.77 bits per heavy atom. The van der Waals surface area contributed by atoms with Crippen LogP contribution in [0.5, 0.6) is 0 Å². The fourth-order valence-electron chi connectivity index (χ4n) is 4.51. The summed E-state index contributed by atoms with van der Waals surface area (Å²) in [5, 5.41) is 14.1. The Kier molecular flexibility index (Phi) is 5.21. The van der Waals surface area contributed by atoms with E-state index in [1.807, 2.05) is 24.4 Å². The number of nitrogens with zero attached hydrogens (tertiary/aromatic N) is 1. The van der Waals surface area contributed by atoms with Gasteiger partial charge in [-0.3, -0.25) is 9.78 Å². The number of benzene rings is 1. The van der Waals surface area contributed by atoms with E-state index in [-0.39, 0.29) is 18.1 Å². The van der Waals surface area contributed by atoms with Gasteiger partial charge in [-0.25, -0.2) is 0 Å². The first kappa shape index (κ1) is 17.5. The number of carbonyl (C=O) groups excluding carboxylic acids is 1. The first-order chi connectivity index (χ1) is 12.7. The van der Waals surface area contributed by atoms with Gasteiger partial charge in [0.05, 0.1) is 17.7 Å². The number of hydrogen-bond donors (Lipinski definition) is 2. The molecule has 4 rings (SSSR count). The molecule has 0 aliphatic heterocycles. The average Bonchev–Trinajstić information content (AvgIpc) is 3.15. The monoisotopic (exact) mass is 352 g/mol. The Morgan fingerprint density at radius 2 is 2.00 bits per heavy atom. The highest BCUT2D eigenvalue weighted by Gasteiger charge is 2.36. The molecule has 1 aromatic heterocycles. The fraction of sp³-hybridized carbons (Fsp3) is 0.545. The molecule has 138 valence electrons. The molecular formula is C22H28N2O2. The Morgan fingerprint density at radius 1 is 1.23 bits per heavy atom. The van der Waals surface area contributed by atoms with E-state index in [1.54, 1.807) is 0 Å². The molecule has 4 heteroatoms. The molecule has 0 unspecified atom stereocenters. The summed E-state index contributed by atoms with van der Waals surface area (Å²) in [5.41, 5.74) is 2.02. The number of rotatable bonds is 6. The van der Waals surface area contributed by atoms with Crippen LogP contribution in [-0.4, -0.2) is 22.1 Å². The van der Waals surface area contributed by atoms with Crippen LogP contribution in [-0.2, 0) is 4.79 Å². The lowest BCUT2D eigenvalue weighted by atomic mass is 9.75. The van der Waals surface area contributed by atoms with E-state index in [9.17, 15) is 9.90 Å². The first-order valence-electron chi connectivity index (χ1n) is 10.0. The second-order valence-electron chi connectivity index (χ2n) is 8.08. The molecular weight excluding hydrogens is 324 g/mol. The number of fused-ring (bicyclic) bond motifs is 1. The second-order valence-corrected chi connectivity index (χ2v) is 8.08. The maximum atomic E-state index is 12.6. The Balaban J connectivity index is 1.47. The van der Waals surface area contributed by atoms with E-state index >= 15 is 0 Å². The minimum absolute atomic E-state index is 0.0495. The highest BCUT2D eigenvalue weighted by molar-refractivity contribution is 5.80. The fourth-order valence-corrected chi connectivity index (χ4v) is 4.51. The summed E-state index contributed by atoms with van der Waals surface area (Å²) in [7, 11) is 0. The van der Waals surface area contributed by atoms with Crippen molar-refractivity contribution in [3.8, 4) is 0 Å². The van der Waals surface area contributed by atoms with Crippen LogP contribution in [0.4, 0.5) is 0 Å². The smallest absolute Gasteiger partial charge is 0.220 e. The van der Waals surface area contributed by atoms with Gasteiger partial charge in [0.25, 0.3) is 0 Å². The van der Waals surface area contributed by atoms with Gasteiger partial charge in [0, 0.05) is 18.0 Å². The van der Waals surface area contributed by atoms with Crippen LogP contribution in [0.15, 0.2) is 36.5 Å². The van der Waals surface area contributed by atoms with Gasteiger partial charge in [0.2, 0.25) is 5.91 Å². The maximum Gasteiger partial charge on any atom is 0.220 e. The minimum atomic E-state index is -0.230. The van der Waals surface area contributed by atoms with Gasteiger partial charge in [-0.15, -0.1) is 0 Å². The van der Waals surface area contributed by atoms with Gasteiger partial charge in [-0.05, 0) is 48.8 Å². The van der Waals surface area contributed by atoms with Gasteiger partial charge in [0.1, 0.15) is 0 Å². The van der Waals surface area contributed by atoms with Crippen LogP contribution >= 0.6 is 0 Å². The summed E-state index contributed by atoms with van der Waals surface area (Å²) in [5.74, 6) is 1.16. The summed E-state index contributed by atoms with van der Waals surface area (Å²) in [6.45, 7) is 0. The lowest BCUT2D eigenvalue weighted by molar-refractivity contribution is -0.123. The van der Waals surface area contributed by atoms with Crippen LogP contribution in [0.3, 0.4) is 0 Å². The zero-order valence-corrected chi connectivity index (χ0v) is 15.2. The number of amides is 1. The van der Waals surface area contributed by atoms with Crippen LogP contribution in [0.1, 0.15) is 63.0 Å². The van der Waals surface area contributed by atoms with Crippen LogP contribution in [0, 0.1) is 11.8 Å². The van der Waals surface area contributed by atoms with E-state index in [0.29, 0.717) is 12.3 Å². The van der Waals surface area contributed by atoms with Crippen molar-refractivity contribution in [2.24, 2.45) is 11.8 Å². The molecule has 1 atom stereocenters. The Hall–Kier alpha value is -1.94. The molecule has 1 heterocycles. The number of carbonyl (C=O) groups is 1. The largest absolute Gasteiger partial charge is 0.393 e. The number of aromatic nitrogens is 1. The van der Waals surface area contributed by atoms with Gasteiger partial charge in [-0.1, -0.05) is 43.9 Å². The lowest BCUT2D eigenvalue weighted by Crippen LogP contribution is -2.41. The first-order valence-corrected chi connectivity index (χ1v) is 10.0. The van der Waals surface area contributed by atoms with Crippen molar-refractivity contribution in [2.75, 3.05) is 0 Å². The maximum absolute atomic E-state index is 12.6. The van der Waals surface area contributed by atoms with Crippen LogP contribution < -0.4 is 5.32 Å². The van der Waals surface area contributed by atoms with E-state index in [4.69, 9.17) is 0 Å². The third-order valence-electron chi connectivity index (χ3n) is 6.16. The second kappa shape index (κ2) is 7.75. The third-order valence-corrected chi connectivity index (χ3v) is 6.16. The number of hydrogen-bond acceptors (Lipinski definition) is 3. The molecule has 2 fully saturated rings. The molecule has 1 aromatic carbocycles. The number of nitrogens with one attached hydrogen (secondary N) is 1. The van der Waals surface area contributed by atoms with E-state index in [2.05, 4.69) is 22.4 Å². The molecule has 0 bridgehead atoms. The molecule has 0 spiro atoms. The molecule has 2 saturated carbocycles. The number of aliphatic hydroxyl groups excluding tert-OH is 1. The Bertz CT molecular complexity index is 764. The van der Waals surface area contributed by atoms with Crippen molar-refractivity contribution in [3.63, 3.8) is 0 Å². The third kappa shape index (κ3) is 3.90. The van der Waals surface area contributed by atoms with Crippen LogP contribution in [0.25, 0.3) is 10.9 Å². The predicted octanol–water partition coefficient (Wildman–Crippen LogP) is 4.13. The van der Waals surface area contributed by atoms with E-state index < -0.39 is 0 Å². The SMILES string of the molecule is O=C(CCC1CCCC1)N[C@@H](c1cnc2ccccc2c1)C1CC(O)C1. The summed E-state index contributed by atoms with van der Waals surface area (Å²) >= 11 is 0. The molecule has 2 aliphatic carbocycles. The quantitative estimate of drug-likeness (QED) is 0.821. The molecule has 2 aliphatic rings. The van der Waals surface area contributed by atoms with Crippen molar-refractivity contribution in [3.05, 3.63) is 42.1 Å². The van der Waals surface area contributed by atoms with Crippen molar-refractivity contribution in [2.45, 2.75) is 63.5 Å². The molecule has 1 amide bonds. The summed E-state index contributed by atoms with van der Waals surface area (Å²) in [4.78, 5) is 17.1. The van der Waals surface area contributed by atoms with Crippen LogP contribution in [0.2, 0.25) is 0 Å². The lowest BCUT2D eigenvalue weighted by Gasteiger charge is -2.38. The summed E-state index contributed by atoms with van der Waals surface area (Å²) < 4.78 is 0. The van der Waals surface area contributed by atoms with Gasteiger partial charge < -0.3 is 10.4 Å². The zero-order chi connectivity index (χ0) is 17.9. The molecule has 0 saturated heterocycles. The van der Waals surface area contributed by atoms with Gasteiger partial charge >= 0.3 is 0 Å². The summed E-state index contributed by atoms with van der Waals surface area (Å²) in [6.07, 6.45) is 9.95. The van der Waals surface area contributed by atoms with Crippen molar-refractivity contribution in [1.82, 2.24) is 10.3 Å². The van der Waals surface area contributed by atoms with Crippen molar-refractivity contribution >= 4 is 16.8 Å². The average molecular weight is 352 g/mol. The number of aliphatic hydroxyl groups is 1. The number of para-hydroxylation sites is 1. The summed E-state index contributed by atoms with van der Waals surface area (Å²) in [6, 6.07) is 10.1. The minimum Gasteiger partial charge on any atom is -0.393 e. The molecule has 2 N–H and O–H groups in total. The predicted molar refractivity (Wildman–Crippen MR) is 103 cm³/mol. The molecule has 2 aromatic rings. The Labute approximate surface area is 155 Å². The standard InChI is InChI=1S/C22H28N2O2/c25-19-12-17(13-19)22(24-21(26)10-9-15-5-1-2-6-15)18-11-16-7-3-4-8-20(16)23-14-18/h3-4,7-8,11,14-15,17,19,22,25H,1-2,5-6,9-10,12-13H2,(H,24,26)/t17?,19?,22-/m1/s1. The highest BCUT2D eigenvalue weighted by Crippen LogP contribution is 2.38. The van der Waals surface area contributed by atoms with Crippen molar-refractivity contribution in [1.29, 1.82) is 0 Å².